The van der Waals surface area contributed by atoms with Crippen LogP contribution in [0.25, 0.3) is 0 Å². The minimum absolute atomic E-state index is 0.178. The summed E-state index contributed by atoms with van der Waals surface area (Å²) in [6.07, 6.45) is 1.01. The third-order valence-electron chi connectivity index (χ3n) is 2.38. The molecule has 1 aromatic carbocycles. The number of methoxy groups -OCH3 is 1. The van der Waals surface area contributed by atoms with Crippen LogP contribution in [-0.4, -0.2) is 31.5 Å². The Morgan fingerprint density at radius 1 is 1.32 bits per heavy atom. The van der Waals surface area contributed by atoms with Gasteiger partial charge in [-0.15, -0.1) is 0 Å². The lowest BCUT2D eigenvalue weighted by atomic mass is 10.3. The van der Waals surface area contributed by atoms with Crippen LogP contribution in [0.1, 0.15) is 20.3 Å². The molecular weight excluding hydrogens is 260 g/mol. The first-order chi connectivity index (χ1) is 9.15. The summed E-state index contributed by atoms with van der Waals surface area (Å²) in [7, 11) is 1.67. The first-order valence-electron chi connectivity index (χ1n) is 6.45. The van der Waals surface area contributed by atoms with Crippen molar-refractivity contribution in [2.45, 2.75) is 26.3 Å². The summed E-state index contributed by atoms with van der Waals surface area (Å²) in [6.45, 7) is 5.45. The summed E-state index contributed by atoms with van der Waals surface area (Å²) in [4.78, 5) is 0. The Bertz CT molecular complexity index is 382. The summed E-state index contributed by atoms with van der Waals surface area (Å²) in [5.74, 6) is 0.874. The summed E-state index contributed by atoms with van der Waals surface area (Å²) in [5.41, 5.74) is 0.936. The maximum atomic E-state index is 5.52. The number of thiocarbonyl (C=S) groups is 1. The summed E-state index contributed by atoms with van der Waals surface area (Å²) >= 11 is 5.22. The first kappa shape index (κ1) is 15.7. The quantitative estimate of drug-likeness (QED) is 0.753. The highest BCUT2D eigenvalue weighted by Crippen LogP contribution is 2.15. The molecule has 1 rings (SSSR count). The van der Waals surface area contributed by atoms with Crippen LogP contribution in [0.5, 0.6) is 5.75 Å². The molecule has 0 saturated heterocycles. The molecular formula is C14H22N2O2S. The molecule has 1 unspecified atom stereocenters. The Morgan fingerprint density at radius 2 is 2.00 bits per heavy atom. The second kappa shape index (κ2) is 8.72. The minimum atomic E-state index is 0.178. The highest BCUT2D eigenvalue weighted by Gasteiger charge is 2.03. The molecule has 0 bridgehead atoms. The smallest absolute Gasteiger partial charge is 0.171 e. The molecule has 19 heavy (non-hydrogen) atoms. The summed E-state index contributed by atoms with van der Waals surface area (Å²) in [5, 5.41) is 6.86. The van der Waals surface area contributed by atoms with E-state index in [1.54, 1.807) is 7.11 Å². The summed E-state index contributed by atoms with van der Waals surface area (Å²) < 4.78 is 10.6. The first-order valence-corrected chi connectivity index (χ1v) is 6.85. The van der Waals surface area contributed by atoms with Crippen molar-refractivity contribution in [2.24, 2.45) is 0 Å². The maximum Gasteiger partial charge on any atom is 0.171 e. The lowest BCUT2D eigenvalue weighted by molar-refractivity contribution is 0.179. The maximum absolute atomic E-state index is 5.52. The SMILES string of the molecule is CCCOc1ccc(NC(=S)NC(C)COC)cc1. The highest BCUT2D eigenvalue weighted by molar-refractivity contribution is 7.80. The van der Waals surface area contributed by atoms with E-state index in [4.69, 9.17) is 21.7 Å². The zero-order chi connectivity index (χ0) is 14.1. The minimum Gasteiger partial charge on any atom is -0.494 e. The van der Waals surface area contributed by atoms with Gasteiger partial charge in [-0.2, -0.15) is 0 Å². The number of anilines is 1. The molecule has 0 aromatic heterocycles. The second-order valence-corrected chi connectivity index (χ2v) is 4.74. The lowest BCUT2D eigenvalue weighted by Crippen LogP contribution is -2.38. The number of rotatable bonds is 7. The zero-order valence-corrected chi connectivity index (χ0v) is 12.5. The van der Waals surface area contributed by atoms with Gasteiger partial charge in [0.05, 0.1) is 13.2 Å². The Labute approximate surface area is 120 Å². The van der Waals surface area contributed by atoms with E-state index >= 15 is 0 Å². The van der Waals surface area contributed by atoms with Crippen LogP contribution < -0.4 is 15.4 Å². The van der Waals surface area contributed by atoms with Crippen molar-refractivity contribution in [2.75, 3.05) is 25.6 Å². The van der Waals surface area contributed by atoms with Gasteiger partial charge in [-0.25, -0.2) is 0 Å². The fourth-order valence-electron chi connectivity index (χ4n) is 1.54. The molecule has 106 valence electrons. The molecule has 0 aliphatic rings. The topological polar surface area (TPSA) is 42.5 Å². The van der Waals surface area contributed by atoms with E-state index in [9.17, 15) is 0 Å². The molecule has 1 atom stereocenters. The third-order valence-corrected chi connectivity index (χ3v) is 2.60. The number of nitrogens with one attached hydrogen (secondary N) is 2. The van der Waals surface area contributed by atoms with Crippen molar-refractivity contribution in [3.05, 3.63) is 24.3 Å². The fourth-order valence-corrected chi connectivity index (χ4v) is 1.86. The van der Waals surface area contributed by atoms with Gasteiger partial charge in [0.1, 0.15) is 5.75 Å². The van der Waals surface area contributed by atoms with Crippen LogP contribution >= 0.6 is 12.2 Å². The van der Waals surface area contributed by atoms with Crippen molar-refractivity contribution in [1.29, 1.82) is 0 Å². The molecule has 0 heterocycles. The van der Waals surface area contributed by atoms with E-state index in [1.165, 1.54) is 0 Å². The van der Waals surface area contributed by atoms with Gasteiger partial charge in [-0.3, -0.25) is 0 Å². The predicted molar refractivity (Wildman–Crippen MR) is 82.9 cm³/mol. The molecule has 4 nitrogen and oxygen atoms in total. The molecule has 0 aliphatic heterocycles. The molecule has 2 N–H and O–H groups in total. The largest absolute Gasteiger partial charge is 0.494 e. The second-order valence-electron chi connectivity index (χ2n) is 4.33. The van der Waals surface area contributed by atoms with E-state index in [0.29, 0.717) is 11.7 Å². The number of ether oxygens (including phenoxy) is 2. The van der Waals surface area contributed by atoms with Crippen molar-refractivity contribution < 1.29 is 9.47 Å². The van der Waals surface area contributed by atoms with E-state index in [2.05, 4.69) is 17.6 Å². The highest BCUT2D eigenvalue weighted by atomic mass is 32.1. The summed E-state index contributed by atoms with van der Waals surface area (Å²) in [6, 6.07) is 7.93. The van der Waals surface area contributed by atoms with Crippen LogP contribution in [0.2, 0.25) is 0 Å². The Morgan fingerprint density at radius 3 is 2.58 bits per heavy atom. The Kier molecular flexibility index (Phi) is 7.22. The molecule has 0 aliphatic carbocycles. The number of benzene rings is 1. The molecule has 0 saturated carbocycles. The average molecular weight is 282 g/mol. The molecule has 0 amide bonds. The molecule has 1 aromatic rings. The van der Waals surface area contributed by atoms with Gasteiger partial charge < -0.3 is 20.1 Å². The molecule has 5 heteroatoms. The van der Waals surface area contributed by atoms with Crippen LogP contribution in [0.3, 0.4) is 0 Å². The predicted octanol–water partition coefficient (Wildman–Crippen LogP) is 2.80. The van der Waals surface area contributed by atoms with E-state index in [-0.39, 0.29) is 6.04 Å². The van der Waals surface area contributed by atoms with Gasteiger partial charge in [0.15, 0.2) is 5.11 Å². The zero-order valence-electron chi connectivity index (χ0n) is 11.7. The van der Waals surface area contributed by atoms with E-state index in [0.717, 1.165) is 24.5 Å². The van der Waals surface area contributed by atoms with E-state index < -0.39 is 0 Å². The Hall–Kier alpha value is -1.33. The van der Waals surface area contributed by atoms with Crippen LogP contribution in [0.4, 0.5) is 5.69 Å². The normalized spacial score (nSPS) is 11.7. The average Bonchev–Trinajstić information content (AvgIpc) is 2.38. The van der Waals surface area contributed by atoms with E-state index in [1.807, 2.05) is 31.2 Å². The lowest BCUT2D eigenvalue weighted by Gasteiger charge is -2.16. The molecule has 0 fully saturated rings. The fraction of sp³-hybridized carbons (Fsp3) is 0.500. The molecule has 0 spiro atoms. The van der Waals surface area contributed by atoms with Crippen LogP contribution in [-0.2, 0) is 4.74 Å². The van der Waals surface area contributed by atoms with Crippen molar-refractivity contribution in [1.82, 2.24) is 5.32 Å². The Balaban J connectivity index is 2.42. The van der Waals surface area contributed by atoms with Crippen LogP contribution in [0, 0.1) is 0 Å². The van der Waals surface area contributed by atoms with Gasteiger partial charge in [0.25, 0.3) is 0 Å². The van der Waals surface area contributed by atoms with Crippen LogP contribution in [0.15, 0.2) is 24.3 Å². The van der Waals surface area contributed by atoms with Crippen molar-refractivity contribution >= 4 is 23.0 Å². The number of hydrogen-bond acceptors (Lipinski definition) is 3. The van der Waals surface area contributed by atoms with Gasteiger partial charge in [0, 0.05) is 18.8 Å². The monoisotopic (exact) mass is 282 g/mol. The standard InChI is InChI=1S/C14H22N2O2S/c1-4-9-18-13-7-5-12(6-8-13)16-14(19)15-11(2)10-17-3/h5-8,11H,4,9-10H2,1-3H3,(H2,15,16,19). The third kappa shape index (κ3) is 6.40. The van der Waals surface area contributed by atoms with Gasteiger partial charge >= 0.3 is 0 Å². The number of hydrogen-bond donors (Lipinski definition) is 2. The van der Waals surface area contributed by atoms with Gasteiger partial charge in [-0.05, 0) is 49.8 Å². The van der Waals surface area contributed by atoms with Gasteiger partial charge in [-0.1, -0.05) is 6.92 Å². The van der Waals surface area contributed by atoms with Crippen molar-refractivity contribution in [3.63, 3.8) is 0 Å². The molecule has 0 radical (unpaired) electrons. The van der Waals surface area contributed by atoms with Gasteiger partial charge in [0.2, 0.25) is 0 Å². The van der Waals surface area contributed by atoms with Crippen molar-refractivity contribution in [3.8, 4) is 5.75 Å².